The summed E-state index contributed by atoms with van der Waals surface area (Å²) in [4.78, 5) is 0.231. The summed E-state index contributed by atoms with van der Waals surface area (Å²) in [5.74, 6) is 0.378. The van der Waals surface area contributed by atoms with Crippen molar-refractivity contribution in [1.82, 2.24) is 4.31 Å². The summed E-state index contributed by atoms with van der Waals surface area (Å²) in [5, 5.41) is 0. The molecule has 1 aliphatic heterocycles. The molecule has 6 nitrogen and oxygen atoms in total. The third-order valence-electron chi connectivity index (χ3n) is 5.18. The van der Waals surface area contributed by atoms with E-state index in [1.54, 1.807) is 24.3 Å². The number of sulfonamides is 1. The molecular weight excluding hydrogens is 374 g/mol. The van der Waals surface area contributed by atoms with Crippen molar-refractivity contribution in [3.8, 4) is 0 Å². The van der Waals surface area contributed by atoms with Crippen LogP contribution in [0.1, 0.15) is 29.7 Å². The van der Waals surface area contributed by atoms with Gasteiger partial charge in [-0.15, -0.1) is 0 Å². The fourth-order valence-electron chi connectivity index (χ4n) is 3.81. The minimum absolute atomic E-state index is 0.0199. The molecule has 2 heterocycles. The van der Waals surface area contributed by atoms with Crippen molar-refractivity contribution in [2.75, 3.05) is 11.5 Å². The largest absolute Gasteiger partial charge is 0.468 e. The lowest BCUT2D eigenvalue weighted by Gasteiger charge is -2.26. The number of nitrogens with zero attached hydrogens (tertiary/aromatic N) is 1. The van der Waals surface area contributed by atoms with Gasteiger partial charge in [-0.1, -0.05) is 6.07 Å². The highest BCUT2D eigenvalue weighted by molar-refractivity contribution is 7.92. The Bertz CT molecular complexity index is 1010. The van der Waals surface area contributed by atoms with E-state index in [1.807, 2.05) is 6.07 Å². The van der Waals surface area contributed by atoms with Gasteiger partial charge in [-0.05, 0) is 61.1 Å². The molecule has 1 fully saturated rings. The predicted octanol–water partition coefficient (Wildman–Crippen LogP) is 2.15. The first-order valence-corrected chi connectivity index (χ1v) is 12.0. The minimum atomic E-state index is -3.82. The SMILES string of the molecule is O=S1(=O)CC[C@H](N(Cc2ccco2)S(=O)(=O)c2ccc3c(c2)CCC3)C1. The first-order chi connectivity index (χ1) is 12.4. The highest BCUT2D eigenvalue weighted by atomic mass is 32.2. The monoisotopic (exact) mass is 395 g/mol. The second-order valence-electron chi connectivity index (χ2n) is 6.97. The molecule has 26 heavy (non-hydrogen) atoms. The first kappa shape index (κ1) is 17.8. The molecule has 8 heteroatoms. The quantitative estimate of drug-likeness (QED) is 0.774. The minimum Gasteiger partial charge on any atom is -0.468 e. The second kappa shape index (κ2) is 6.51. The lowest BCUT2D eigenvalue weighted by Crippen LogP contribution is -2.40. The number of benzene rings is 1. The number of hydrogen-bond donors (Lipinski definition) is 0. The average molecular weight is 396 g/mol. The zero-order valence-corrected chi connectivity index (χ0v) is 15.9. The van der Waals surface area contributed by atoms with E-state index in [2.05, 4.69) is 0 Å². The van der Waals surface area contributed by atoms with Gasteiger partial charge in [-0.25, -0.2) is 16.8 Å². The summed E-state index contributed by atoms with van der Waals surface area (Å²) < 4.78 is 57.2. The van der Waals surface area contributed by atoms with E-state index in [4.69, 9.17) is 4.42 Å². The van der Waals surface area contributed by atoms with Crippen LogP contribution >= 0.6 is 0 Å². The van der Waals surface area contributed by atoms with Gasteiger partial charge in [-0.3, -0.25) is 0 Å². The van der Waals surface area contributed by atoms with Gasteiger partial charge >= 0.3 is 0 Å². The topological polar surface area (TPSA) is 84.7 Å². The van der Waals surface area contributed by atoms with Crippen LogP contribution in [0.3, 0.4) is 0 Å². The van der Waals surface area contributed by atoms with Crippen LogP contribution in [0.4, 0.5) is 0 Å². The van der Waals surface area contributed by atoms with Crippen LogP contribution in [0, 0.1) is 0 Å². The molecule has 0 radical (unpaired) electrons. The van der Waals surface area contributed by atoms with E-state index in [1.165, 1.54) is 16.1 Å². The standard InChI is InChI=1S/C18H21NO5S2/c20-25(21)10-8-16(13-25)19(12-17-5-2-9-24-17)26(22,23)18-7-6-14-3-1-4-15(14)11-18/h2,5-7,9,11,16H,1,3-4,8,10,12-13H2/t16-/m0/s1. The number of fused-ring (bicyclic) bond motifs is 1. The van der Waals surface area contributed by atoms with Crippen LogP contribution in [0.2, 0.25) is 0 Å². The summed E-state index contributed by atoms with van der Waals surface area (Å²) in [6, 6.07) is 8.10. The zero-order chi connectivity index (χ0) is 18.4. The van der Waals surface area contributed by atoms with Crippen LogP contribution in [0.15, 0.2) is 45.9 Å². The molecule has 0 unspecified atom stereocenters. The average Bonchev–Trinajstić information content (AvgIpc) is 3.32. The zero-order valence-electron chi connectivity index (χ0n) is 14.3. The fourth-order valence-corrected chi connectivity index (χ4v) is 7.31. The fraction of sp³-hybridized carbons (Fsp3) is 0.444. The Labute approximate surface area is 153 Å². The maximum absolute atomic E-state index is 13.3. The van der Waals surface area contributed by atoms with Crippen LogP contribution < -0.4 is 0 Å². The highest BCUT2D eigenvalue weighted by Gasteiger charge is 2.39. The molecule has 1 atom stereocenters. The molecule has 1 aromatic heterocycles. The summed E-state index contributed by atoms with van der Waals surface area (Å²) in [6.07, 6.45) is 4.70. The number of rotatable bonds is 5. The van der Waals surface area contributed by atoms with Gasteiger partial charge < -0.3 is 4.42 Å². The number of hydrogen-bond acceptors (Lipinski definition) is 5. The first-order valence-electron chi connectivity index (χ1n) is 8.72. The summed E-state index contributed by atoms with van der Waals surface area (Å²) in [5.41, 5.74) is 2.27. The molecule has 140 valence electrons. The highest BCUT2D eigenvalue weighted by Crippen LogP contribution is 2.30. The molecular formula is C18H21NO5S2. The molecule has 1 aliphatic carbocycles. The van der Waals surface area contributed by atoms with Crippen LogP contribution in [0.25, 0.3) is 0 Å². The smallest absolute Gasteiger partial charge is 0.243 e. The van der Waals surface area contributed by atoms with Gasteiger partial charge in [0.15, 0.2) is 9.84 Å². The van der Waals surface area contributed by atoms with Gasteiger partial charge in [0.2, 0.25) is 10.0 Å². The van der Waals surface area contributed by atoms with Crippen molar-refractivity contribution in [2.24, 2.45) is 0 Å². The Morgan fingerprint density at radius 2 is 1.96 bits per heavy atom. The number of sulfone groups is 1. The van der Waals surface area contributed by atoms with E-state index >= 15 is 0 Å². The maximum atomic E-state index is 13.3. The molecule has 1 aromatic carbocycles. The third-order valence-corrected chi connectivity index (χ3v) is 8.83. The van der Waals surface area contributed by atoms with E-state index < -0.39 is 25.9 Å². The van der Waals surface area contributed by atoms with Gasteiger partial charge in [0.1, 0.15) is 5.76 Å². The van der Waals surface area contributed by atoms with Gasteiger partial charge in [0, 0.05) is 6.04 Å². The van der Waals surface area contributed by atoms with Crippen molar-refractivity contribution >= 4 is 19.9 Å². The normalized spacial score (nSPS) is 22.0. The molecule has 2 aliphatic rings. The van der Waals surface area contributed by atoms with Crippen LogP contribution in [0.5, 0.6) is 0 Å². The Hall–Kier alpha value is -1.64. The Morgan fingerprint density at radius 3 is 2.65 bits per heavy atom. The summed E-state index contributed by atoms with van der Waals surface area (Å²) in [6.45, 7) is 0.0343. The Kier molecular flexibility index (Phi) is 4.45. The van der Waals surface area contributed by atoms with Crippen LogP contribution in [-0.4, -0.2) is 38.7 Å². The van der Waals surface area contributed by atoms with Crippen molar-refractivity contribution in [2.45, 2.75) is 43.2 Å². The molecule has 4 rings (SSSR count). The lowest BCUT2D eigenvalue weighted by molar-refractivity contribution is 0.307. The molecule has 0 amide bonds. The van der Waals surface area contributed by atoms with Gasteiger partial charge in [0.25, 0.3) is 0 Å². The number of furan rings is 1. The molecule has 0 saturated carbocycles. The number of aryl methyl sites for hydroxylation is 2. The molecule has 0 spiro atoms. The van der Waals surface area contributed by atoms with Crippen molar-refractivity contribution < 1.29 is 21.3 Å². The van der Waals surface area contributed by atoms with Gasteiger partial charge in [-0.2, -0.15) is 4.31 Å². The molecule has 0 bridgehead atoms. The van der Waals surface area contributed by atoms with E-state index in [0.717, 1.165) is 24.8 Å². The Morgan fingerprint density at radius 1 is 1.15 bits per heavy atom. The van der Waals surface area contributed by atoms with Crippen molar-refractivity contribution in [1.29, 1.82) is 0 Å². The maximum Gasteiger partial charge on any atom is 0.243 e. The van der Waals surface area contributed by atoms with Crippen molar-refractivity contribution in [3.63, 3.8) is 0 Å². The predicted molar refractivity (Wildman–Crippen MR) is 97.0 cm³/mol. The summed E-state index contributed by atoms with van der Waals surface area (Å²) >= 11 is 0. The molecule has 2 aromatic rings. The van der Waals surface area contributed by atoms with Gasteiger partial charge in [0.05, 0.1) is 29.2 Å². The lowest BCUT2D eigenvalue weighted by atomic mass is 10.1. The third kappa shape index (κ3) is 3.33. The Balaban J connectivity index is 1.72. The molecule has 1 saturated heterocycles. The van der Waals surface area contributed by atoms with E-state index in [0.29, 0.717) is 12.2 Å². The van der Waals surface area contributed by atoms with E-state index in [9.17, 15) is 16.8 Å². The van der Waals surface area contributed by atoms with Crippen LogP contribution in [-0.2, 0) is 39.2 Å². The summed E-state index contributed by atoms with van der Waals surface area (Å²) in [7, 11) is -7.03. The van der Waals surface area contributed by atoms with E-state index in [-0.39, 0.29) is 22.9 Å². The molecule has 0 N–H and O–H groups in total. The van der Waals surface area contributed by atoms with Crippen molar-refractivity contribution in [3.05, 3.63) is 53.5 Å². The second-order valence-corrected chi connectivity index (χ2v) is 11.1.